The van der Waals surface area contributed by atoms with E-state index in [4.69, 9.17) is 0 Å². The molecule has 0 bridgehead atoms. The van der Waals surface area contributed by atoms with Crippen molar-refractivity contribution in [3.8, 4) is 0 Å². The van der Waals surface area contributed by atoms with Crippen LogP contribution in [0, 0.1) is 11.6 Å². The fraction of sp³-hybridized carbons (Fsp3) is 0.294. The van der Waals surface area contributed by atoms with E-state index in [-0.39, 0.29) is 5.92 Å². The number of para-hydroxylation sites is 1. The van der Waals surface area contributed by atoms with Gasteiger partial charge in [-0.05, 0) is 48.9 Å². The van der Waals surface area contributed by atoms with Crippen molar-refractivity contribution in [2.24, 2.45) is 0 Å². The molecule has 0 spiro atoms. The first-order chi connectivity index (χ1) is 9.63. The maximum Gasteiger partial charge on any atom is 0.129 e. The van der Waals surface area contributed by atoms with E-state index in [1.54, 1.807) is 6.07 Å². The van der Waals surface area contributed by atoms with Gasteiger partial charge in [-0.3, -0.25) is 0 Å². The third-order valence-electron chi connectivity index (χ3n) is 3.92. The molecule has 1 heterocycles. The lowest BCUT2D eigenvalue weighted by atomic mass is 9.83. The van der Waals surface area contributed by atoms with E-state index in [2.05, 4.69) is 24.4 Å². The van der Waals surface area contributed by atoms with Gasteiger partial charge in [-0.15, -0.1) is 0 Å². The molecule has 0 saturated carbocycles. The first kappa shape index (κ1) is 13.1. The lowest BCUT2D eigenvalue weighted by Gasteiger charge is -2.31. The lowest BCUT2D eigenvalue weighted by molar-refractivity contribution is 0.525. The molecule has 2 aromatic rings. The van der Waals surface area contributed by atoms with Crippen LogP contribution >= 0.6 is 0 Å². The van der Waals surface area contributed by atoms with Gasteiger partial charge in [-0.25, -0.2) is 8.78 Å². The maximum absolute atomic E-state index is 13.8. The van der Waals surface area contributed by atoms with Gasteiger partial charge >= 0.3 is 0 Å². The Morgan fingerprint density at radius 1 is 1.15 bits per heavy atom. The van der Waals surface area contributed by atoms with Crippen molar-refractivity contribution in [1.29, 1.82) is 0 Å². The van der Waals surface area contributed by atoms with Crippen molar-refractivity contribution in [3.63, 3.8) is 0 Å². The van der Waals surface area contributed by atoms with Crippen LogP contribution in [0.15, 0.2) is 42.5 Å². The lowest BCUT2D eigenvalue weighted by Crippen LogP contribution is -2.26. The van der Waals surface area contributed by atoms with Crippen molar-refractivity contribution in [1.82, 2.24) is 0 Å². The highest BCUT2D eigenvalue weighted by molar-refractivity contribution is 5.55. The predicted molar refractivity (Wildman–Crippen MR) is 76.9 cm³/mol. The van der Waals surface area contributed by atoms with Crippen LogP contribution in [0.4, 0.5) is 14.5 Å². The van der Waals surface area contributed by atoms with E-state index in [1.807, 2.05) is 12.1 Å². The second-order valence-electron chi connectivity index (χ2n) is 5.51. The van der Waals surface area contributed by atoms with Gasteiger partial charge in [0.05, 0.1) is 0 Å². The van der Waals surface area contributed by atoms with Crippen LogP contribution in [0.5, 0.6) is 0 Å². The number of hydrogen-bond acceptors (Lipinski definition) is 1. The quantitative estimate of drug-likeness (QED) is 0.849. The number of benzene rings is 2. The summed E-state index contributed by atoms with van der Waals surface area (Å²) < 4.78 is 26.8. The number of rotatable bonds is 2. The van der Waals surface area contributed by atoms with Crippen LogP contribution in [-0.2, 0) is 6.42 Å². The Labute approximate surface area is 117 Å². The number of anilines is 1. The van der Waals surface area contributed by atoms with Gasteiger partial charge in [0, 0.05) is 17.8 Å². The fourth-order valence-electron chi connectivity index (χ4n) is 3.01. The first-order valence-electron chi connectivity index (χ1n) is 6.93. The average Bonchev–Trinajstić information content (AvgIpc) is 2.41. The normalized spacial score (nSPS) is 21.1. The molecular formula is C17H17F2N. The molecule has 3 rings (SSSR count). The molecule has 0 aromatic heterocycles. The van der Waals surface area contributed by atoms with Gasteiger partial charge in [0.25, 0.3) is 0 Å². The van der Waals surface area contributed by atoms with Gasteiger partial charge in [0.1, 0.15) is 11.6 Å². The van der Waals surface area contributed by atoms with E-state index in [0.29, 0.717) is 18.0 Å². The zero-order valence-corrected chi connectivity index (χ0v) is 11.4. The molecule has 2 unspecified atom stereocenters. The molecule has 0 saturated heterocycles. The molecule has 2 aromatic carbocycles. The minimum atomic E-state index is -0.523. The molecule has 0 radical (unpaired) electrons. The Bertz CT molecular complexity index is 624. The zero-order chi connectivity index (χ0) is 14.1. The van der Waals surface area contributed by atoms with Crippen LogP contribution in [0.25, 0.3) is 0 Å². The van der Waals surface area contributed by atoms with Crippen molar-refractivity contribution < 1.29 is 8.78 Å². The van der Waals surface area contributed by atoms with E-state index in [9.17, 15) is 8.78 Å². The predicted octanol–water partition coefficient (Wildman–Crippen LogP) is 4.50. The van der Waals surface area contributed by atoms with Crippen LogP contribution in [-0.4, -0.2) is 6.04 Å². The van der Waals surface area contributed by atoms with E-state index in [1.165, 1.54) is 11.6 Å². The summed E-state index contributed by atoms with van der Waals surface area (Å²) in [7, 11) is 0. The Kier molecular flexibility index (Phi) is 3.43. The van der Waals surface area contributed by atoms with Crippen LogP contribution in [0.2, 0.25) is 0 Å². The van der Waals surface area contributed by atoms with Crippen molar-refractivity contribution in [2.75, 3.05) is 5.32 Å². The average molecular weight is 273 g/mol. The summed E-state index contributed by atoms with van der Waals surface area (Å²) in [5, 5.41) is 3.45. The summed E-state index contributed by atoms with van der Waals surface area (Å²) in [6.07, 6.45) is 1.56. The van der Waals surface area contributed by atoms with E-state index < -0.39 is 11.6 Å². The Balaban J connectivity index is 1.91. The second-order valence-corrected chi connectivity index (χ2v) is 5.51. The minimum Gasteiger partial charge on any atom is -0.382 e. The summed E-state index contributed by atoms with van der Waals surface area (Å²) in [6, 6.07) is 12.3. The minimum absolute atomic E-state index is 0.266. The summed E-state index contributed by atoms with van der Waals surface area (Å²) in [4.78, 5) is 0. The van der Waals surface area contributed by atoms with Crippen LogP contribution in [0.1, 0.15) is 30.4 Å². The monoisotopic (exact) mass is 273 g/mol. The number of halogens is 2. The Morgan fingerprint density at radius 2 is 1.95 bits per heavy atom. The highest BCUT2D eigenvalue weighted by Gasteiger charge is 2.24. The molecular weight excluding hydrogens is 256 g/mol. The molecule has 1 N–H and O–H groups in total. The van der Waals surface area contributed by atoms with Gasteiger partial charge < -0.3 is 5.32 Å². The summed E-state index contributed by atoms with van der Waals surface area (Å²) in [6.45, 7) is 2.13. The molecule has 0 aliphatic carbocycles. The molecule has 104 valence electrons. The Morgan fingerprint density at radius 3 is 2.75 bits per heavy atom. The highest BCUT2D eigenvalue weighted by Crippen LogP contribution is 2.36. The molecule has 3 heteroatoms. The number of hydrogen-bond donors (Lipinski definition) is 1. The number of fused-ring (bicyclic) bond motifs is 1. The molecule has 1 aliphatic heterocycles. The molecule has 0 amide bonds. The van der Waals surface area contributed by atoms with Gasteiger partial charge in [-0.2, -0.15) is 0 Å². The highest BCUT2D eigenvalue weighted by atomic mass is 19.1. The maximum atomic E-state index is 13.8. The zero-order valence-electron chi connectivity index (χ0n) is 11.4. The first-order valence-corrected chi connectivity index (χ1v) is 6.93. The van der Waals surface area contributed by atoms with Crippen LogP contribution in [0.3, 0.4) is 0 Å². The molecule has 0 fully saturated rings. The van der Waals surface area contributed by atoms with Crippen molar-refractivity contribution in [3.05, 3.63) is 65.2 Å². The smallest absolute Gasteiger partial charge is 0.129 e. The largest absolute Gasteiger partial charge is 0.382 e. The van der Waals surface area contributed by atoms with Gasteiger partial charge in [0.2, 0.25) is 0 Å². The SMILES string of the molecule is CC1CC(Cc2ccc(F)cc2F)c2ccccc2N1. The molecule has 1 nitrogen and oxygen atoms in total. The fourth-order valence-corrected chi connectivity index (χ4v) is 3.01. The molecule has 1 aliphatic rings. The van der Waals surface area contributed by atoms with Crippen LogP contribution < -0.4 is 5.32 Å². The summed E-state index contributed by atoms with van der Waals surface area (Å²) in [5.74, 6) is -0.707. The topological polar surface area (TPSA) is 12.0 Å². The van der Waals surface area contributed by atoms with Crippen molar-refractivity contribution >= 4 is 5.69 Å². The van der Waals surface area contributed by atoms with Gasteiger partial charge in [0.15, 0.2) is 0 Å². The Hall–Kier alpha value is -1.90. The summed E-state index contributed by atoms with van der Waals surface area (Å²) >= 11 is 0. The van der Waals surface area contributed by atoms with Crippen molar-refractivity contribution in [2.45, 2.75) is 31.7 Å². The number of nitrogens with one attached hydrogen (secondary N) is 1. The second kappa shape index (κ2) is 5.23. The standard InChI is InChI=1S/C17H17F2N/c1-11-8-13(15-4-2-3-5-17(15)20-11)9-12-6-7-14(18)10-16(12)19/h2-7,10-11,13,20H,8-9H2,1H3. The van der Waals surface area contributed by atoms with Gasteiger partial charge in [-0.1, -0.05) is 24.3 Å². The van der Waals surface area contributed by atoms with E-state index >= 15 is 0 Å². The molecule has 20 heavy (non-hydrogen) atoms. The molecule has 2 atom stereocenters. The van der Waals surface area contributed by atoms with E-state index in [0.717, 1.165) is 18.2 Å². The third-order valence-corrected chi connectivity index (χ3v) is 3.92. The third kappa shape index (κ3) is 2.53. The summed E-state index contributed by atoms with van der Waals surface area (Å²) in [5.41, 5.74) is 2.92.